The number of methoxy groups -OCH3 is 3. The third-order valence-corrected chi connectivity index (χ3v) is 7.10. The highest BCUT2D eigenvalue weighted by Gasteiger charge is 2.36. The van der Waals surface area contributed by atoms with Crippen molar-refractivity contribution in [2.75, 3.05) is 21.3 Å². The smallest absolute Gasteiger partial charge is 0.204 e. The van der Waals surface area contributed by atoms with Crippen LogP contribution in [0, 0.1) is 0 Å². The summed E-state index contributed by atoms with van der Waals surface area (Å²) in [5.74, 6) is 3.05. The molecule has 0 amide bonds. The van der Waals surface area contributed by atoms with Crippen molar-refractivity contribution < 1.29 is 28.1 Å². The number of fused-ring (bicyclic) bond motifs is 5. The van der Waals surface area contributed by atoms with Gasteiger partial charge in [0.15, 0.2) is 11.5 Å². The molecule has 1 aromatic heterocycles. The average molecular weight is 545 g/mol. The molecule has 5 rings (SSSR count). The van der Waals surface area contributed by atoms with Gasteiger partial charge < -0.3 is 28.1 Å². The fraction of sp³-hybridized carbons (Fsp3) is 0.364. The summed E-state index contributed by atoms with van der Waals surface area (Å²) in [5.41, 5.74) is 4.34. The van der Waals surface area contributed by atoms with Gasteiger partial charge in [0, 0.05) is 11.6 Å². The van der Waals surface area contributed by atoms with Gasteiger partial charge in [0.05, 0.1) is 38.0 Å². The normalized spacial score (nSPS) is 16.1. The first-order valence-electron chi connectivity index (χ1n) is 13.3. The van der Waals surface area contributed by atoms with E-state index in [-0.39, 0.29) is 5.43 Å². The zero-order valence-electron chi connectivity index (χ0n) is 24.6. The van der Waals surface area contributed by atoms with Crippen LogP contribution in [0.25, 0.3) is 28.4 Å². The fourth-order valence-electron chi connectivity index (χ4n) is 5.23. The van der Waals surface area contributed by atoms with Crippen LogP contribution in [0.2, 0.25) is 0 Å². The number of rotatable bonds is 6. The van der Waals surface area contributed by atoms with Gasteiger partial charge in [0.1, 0.15) is 45.7 Å². The average Bonchev–Trinajstić information content (AvgIpc) is 2.89. The molecule has 2 aromatic carbocycles. The van der Waals surface area contributed by atoms with Gasteiger partial charge in [-0.25, -0.2) is 0 Å². The summed E-state index contributed by atoms with van der Waals surface area (Å²) in [6, 6.07) is 3.55. The van der Waals surface area contributed by atoms with Crippen LogP contribution in [0.1, 0.15) is 64.3 Å². The van der Waals surface area contributed by atoms with Gasteiger partial charge in [0.2, 0.25) is 5.43 Å². The quantitative estimate of drug-likeness (QED) is 0.296. The van der Waals surface area contributed by atoms with Crippen LogP contribution in [-0.2, 0) is 6.42 Å². The van der Waals surface area contributed by atoms with Crippen molar-refractivity contribution >= 4 is 17.0 Å². The Morgan fingerprint density at radius 1 is 1.00 bits per heavy atom. The van der Waals surface area contributed by atoms with E-state index < -0.39 is 11.7 Å². The second-order valence-electron chi connectivity index (χ2n) is 11.1. The van der Waals surface area contributed by atoms with Crippen molar-refractivity contribution in [3.63, 3.8) is 0 Å². The van der Waals surface area contributed by atoms with Crippen molar-refractivity contribution in [3.8, 4) is 40.1 Å². The van der Waals surface area contributed by atoms with Crippen LogP contribution in [0.5, 0.6) is 28.7 Å². The molecular formula is C33H36O7. The Morgan fingerprint density at radius 2 is 1.70 bits per heavy atom. The van der Waals surface area contributed by atoms with E-state index in [1.54, 1.807) is 33.5 Å². The highest BCUT2D eigenvalue weighted by Crippen LogP contribution is 2.51. The number of ether oxygens (including phenoxy) is 5. The monoisotopic (exact) mass is 544 g/mol. The molecule has 0 fully saturated rings. The SMILES string of the molecule is COc1cc2c(cc1OC)-c1oc3c(CC=C(C)C)c4c(c(OC)c3c(=O)c1C(C=C(C)C)O2)C=CC(C)(C)O4. The highest BCUT2D eigenvalue weighted by atomic mass is 16.5. The Hall–Kier alpha value is -4.13. The number of benzene rings is 2. The molecule has 2 aliphatic heterocycles. The maximum Gasteiger partial charge on any atom is 0.204 e. The largest absolute Gasteiger partial charge is 0.495 e. The molecule has 0 aliphatic carbocycles. The lowest BCUT2D eigenvalue weighted by atomic mass is 9.91. The van der Waals surface area contributed by atoms with E-state index in [1.165, 1.54) is 0 Å². The van der Waals surface area contributed by atoms with E-state index in [1.807, 2.05) is 59.8 Å². The van der Waals surface area contributed by atoms with Crippen molar-refractivity contribution in [2.45, 2.75) is 59.7 Å². The maximum atomic E-state index is 14.6. The van der Waals surface area contributed by atoms with E-state index >= 15 is 0 Å². The lowest BCUT2D eigenvalue weighted by Crippen LogP contribution is -2.29. The molecule has 7 nitrogen and oxygen atoms in total. The van der Waals surface area contributed by atoms with E-state index in [2.05, 4.69) is 6.08 Å². The van der Waals surface area contributed by atoms with Crippen LogP contribution >= 0.6 is 0 Å². The van der Waals surface area contributed by atoms with E-state index in [0.29, 0.717) is 63.0 Å². The summed E-state index contributed by atoms with van der Waals surface area (Å²) in [5, 5.41) is 0.366. The third-order valence-electron chi connectivity index (χ3n) is 7.10. The van der Waals surface area contributed by atoms with Crippen molar-refractivity contribution in [2.24, 2.45) is 0 Å². The second-order valence-corrected chi connectivity index (χ2v) is 11.1. The van der Waals surface area contributed by atoms with Crippen LogP contribution in [0.3, 0.4) is 0 Å². The predicted octanol–water partition coefficient (Wildman–Crippen LogP) is 7.58. The molecule has 0 spiro atoms. The molecule has 0 saturated carbocycles. The van der Waals surface area contributed by atoms with Crippen molar-refractivity contribution in [1.29, 1.82) is 0 Å². The predicted molar refractivity (Wildman–Crippen MR) is 157 cm³/mol. The zero-order valence-corrected chi connectivity index (χ0v) is 24.6. The Labute approximate surface area is 234 Å². The molecule has 2 aliphatic rings. The molecule has 1 atom stereocenters. The molecule has 40 heavy (non-hydrogen) atoms. The van der Waals surface area contributed by atoms with Gasteiger partial charge in [-0.3, -0.25) is 4.79 Å². The first-order valence-corrected chi connectivity index (χ1v) is 13.3. The highest BCUT2D eigenvalue weighted by molar-refractivity contribution is 5.96. The Kier molecular flexibility index (Phi) is 6.94. The summed E-state index contributed by atoms with van der Waals surface area (Å²) >= 11 is 0. The van der Waals surface area contributed by atoms with Gasteiger partial charge in [-0.2, -0.15) is 0 Å². The molecule has 210 valence electrons. The minimum absolute atomic E-state index is 0.212. The van der Waals surface area contributed by atoms with E-state index in [9.17, 15) is 4.79 Å². The van der Waals surface area contributed by atoms with Crippen LogP contribution in [0.4, 0.5) is 0 Å². The Bertz CT molecular complexity index is 1660. The maximum absolute atomic E-state index is 14.6. The Balaban J connectivity index is 1.96. The van der Waals surface area contributed by atoms with E-state index in [0.717, 1.165) is 22.3 Å². The van der Waals surface area contributed by atoms with Gasteiger partial charge >= 0.3 is 0 Å². The molecule has 0 saturated heterocycles. The zero-order chi connectivity index (χ0) is 28.9. The summed E-state index contributed by atoms with van der Waals surface area (Å²) in [7, 11) is 4.70. The first-order chi connectivity index (χ1) is 19.0. The summed E-state index contributed by atoms with van der Waals surface area (Å²) in [6.07, 6.45) is 7.81. The minimum Gasteiger partial charge on any atom is -0.495 e. The summed E-state index contributed by atoms with van der Waals surface area (Å²) in [4.78, 5) is 14.6. The topological polar surface area (TPSA) is 76.4 Å². The number of allylic oxidation sites excluding steroid dienone is 3. The third kappa shape index (κ3) is 4.53. The van der Waals surface area contributed by atoms with Crippen LogP contribution < -0.4 is 29.1 Å². The van der Waals surface area contributed by atoms with Gasteiger partial charge in [0.25, 0.3) is 0 Å². The lowest BCUT2D eigenvalue weighted by molar-refractivity contribution is 0.157. The van der Waals surface area contributed by atoms with Gasteiger partial charge in [-0.05, 0) is 72.3 Å². The summed E-state index contributed by atoms with van der Waals surface area (Å²) in [6.45, 7) is 12.0. The second kappa shape index (κ2) is 10.1. The molecule has 0 N–H and O–H groups in total. The minimum atomic E-state index is -0.668. The van der Waals surface area contributed by atoms with Crippen molar-refractivity contribution in [1.82, 2.24) is 0 Å². The summed E-state index contributed by atoms with van der Waals surface area (Å²) < 4.78 is 36.7. The van der Waals surface area contributed by atoms with Crippen molar-refractivity contribution in [3.05, 3.63) is 68.4 Å². The molecule has 7 heteroatoms. The molecule has 0 radical (unpaired) electrons. The Morgan fingerprint density at radius 3 is 2.33 bits per heavy atom. The van der Waals surface area contributed by atoms with E-state index in [4.69, 9.17) is 28.1 Å². The molecule has 3 heterocycles. The van der Waals surface area contributed by atoms with Gasteiger partial charge in [-0.1, -0.05) is 17.2 Å². The van der Waals surface area contributed by atoms with Gasteiger partial charge in [-0.15, -0.1) is 0 Å². The lowest BCUT2D eigenvalue weighted by Gasteiger charge is -2.32. The molecule has 3 aromatic rings. The number of hydrogen-bond acceptors (Lipinski definition) is 7. The van der Waals surface area contributed by atoms with Crippen LogP contribution in [-0.4, -0.2) is 26.9 Å². The number of hydrogen-bond donors (Lipinski definition) is 0. The fourth-order valence-corrected chi connectivity index (χ4v) is 5.23. The first kappa shape index (κ1) is 27.4. The molecule has 1 unspecified atom stereocenters. The molecular weight excluding hydrogens is 508 g/mol. The van der Waals surface area contributed by atoms with Crippen LogP contribution in [0.15, 0.2) is 50.7 Å². The molecule has 0 bridgehead atoms. The standard InChI is InChI=1S/C33H36O7/c1-17(2)10-11-19-29-20(12-13-33(5,6)40-29)30(37-9)27-28(34)26-25(14-18(3)4)38-22-16-24(36-8)23(35-7)15-21(22)32(26)39-31(19)27/h10,12-16,25H,11H2,1-9H3.